The Balaban J connectivity index is 1.30. The number of carbonyl (C=O) groups excluding carboxylic acids is 4. The van der Waals surface area contributed by atoms with E-state index in [0.717, 1.165) is 36.6 Å². The molecule has 45 heavy (non-hydrogen) atoms. The maximum Gasteiger partial charge on any atom is 0.323 e. The van der Waals surface area contributed by atoms with Crippen LogP contribution < -0.4 is 20.3 Å². The maximum atomic E-state index is 15.1. The van der Waals surface area contributed by atoms with E-state index in [-0.39, 0.29) is 40.5 Å². The molecular formula is C32H32F2N6O5. The largest absolute Gasteiger partial charge is 0.454 e. The summed E-state index contributed by atoms with van der Waals surface area (Å²) in [6.45, 7) is 1.68. The molecule has 0 atom stereocenters. The molecule has 1 saturated heterocycles. The molecule has 234 valence electrons. The molecule has 2 fully saturated rings. The van der Waals surface area contributed by atoms with Crippen molar-refractivity contribution in [1.29, 1.82) is 0 Å². The lowest BCUT2D eigenvalue weighted by Crippen LogP contribution is -2.35. The first-order valence-corrected chi connectivity index (χ1v) is 14.5. The van der Waals surface area contributed by atoms with Gasteiger partial charge in [0.25, 0.3) is 11.8 Å². The lowest BCUT2D eigenvalue weighted by Gasteiger charge is -2.21. The van der Waals surface area contributed by atoms with E-state index in [9.17, 15) is 23.6 Å². The topological polar surface area (TPSA) is 124 Å². The summed E-state index contributed by atoms with van der Waals surface area (Å²) in [5, 5.41) is 5.21. The van der Waals surface area contributed by atoms with Gasteiger partial charge in [-0.25, -0.2) is 18.6 Å². The highest BCUT2D eigenvalue weighted by atomic mass is 19.1. The number of anilines is 3. The molecule has 2 aromatic carbocycles. The van der Waals surface area contributed by atoms with Gasteiger partial charge >= 0.3 is 6.03 Å². The van der Waals surface area contributed by atoms with Crippen LogP contribution in [0.15, 0.2) is 72.6 Å². The minimum atomic E-state index is -0.878. The Labute approximate surface area is 258 Å². The molecule has 1 aliphatic carbocycles. The van der Waals surface area contributed by atoms with Crippen LogP contribution in [0.25, 0.3) is 0 Å². The molecule has 11 nitrogen and oxygen atoms in total. The zero-order chi connectivity index (χ0) is 31.9. The zero-order valence-electron chi connectivity index (χ0n) is 24.5. The van der Waals surface area contributed by atoms with Crippen molar-refractivity contribution in [2.45, 2.75) is 25.7 Å². The van der Waals surface area contributed by atoms with Crippen LogP contribution in [-0.2, 0) is 14.4 Å². The third kappa shape index (κ3) is 8.19. The molecule has 1 aromatic heterocycles. The van der Waals surface area contributed by atoms with E-state index in [1.807, 2.05) is 0 Å². The van der Waals surface area contributed by atoms with Crippen LogP contribution in [0, 0.1) is 17.6 Å². The monoisotopic (exact) mass is 618 g/mol. The van der Waals surface area contributed by atoms with Crippen molar-refractivity contribution in [2.75, 3.05) is 42.2 Å². The number of pyridine rings is 1. The van der Waals surface area contributed by atoms with Crippen LogP contribution in [0.5, 0.6) is 11.5 Å². The predicted molar refractivity (Wildman–Crippen MR) is 163 cm³/mol. The summed E-state index contributed by atoms with van der Waals surface area (Å²) in [6, 6.07) is 11.5. The van der Waals surface area contributed by atoms with Gasteiger partial charge in [0, 0.05) is 62.6 Å². The van der Waals surface area contributed by atoms with Crippen LogP contribution in [0.4, 0.5) is 30.8 Å². The fourth-order valence-corrected chi connectivity index (χ4v) is 4.70. The molecule has 0 radical (unpaired) electrons. The van der Waals surface area contributed by atoms with Gasteiger partial charge in [-0.15, -0.1) is 0 Å². The number of carbonyl (C=O) groups is 4. The third-order valence-corrected chi connectivity index (χ3v) is 7.37. The summed E-state index contributed by atoms with van der Waals surface area (Å²) in [7, 11) is 1.41. The summed E-state index contributed by atoms with van der Waals surface area (Å²) >= 11 is 0. The van der Waals surface area contributed by atoms with E-state index in [1.165, 1.54) is 72.9 Å². The van der Waals surface area contributed by atoms with Crippen molar-refractivity contribution in [2.24, 2.45) is 5.92 Å². The number of hydrogen-bond donors (Lipinski definition) is 2. The quantitative estimate of drug-likeness (QED) is 0.133. The second-order valence-electron chi connectivity index (χ2n) is 10.8. The van der Waals surface area contributed by atoms with Crippen LogP contribution in [0.2, 0.25) is 0 Å². The molecule has 3 aromatic rings. The van der Waals surface area contributed by atoms with E-state index in [2.05, 4.69) is 15.6 Å². The van der Waals surface area contributed by atoms with Gasteiger partial charge in [0.1, 0.15) is 23.0 Å². The second kappa shape index (κ2) is 14.0. The smallest absolute Gasteiger partial charge is 0.323 e. The lowest BCUT2D eigenvalue weighted by atomic mass is 10.2. The Morgan fingerprint density at radius 3 is 2.42 bits per heavy atom. The molecule has 5 amide bonds. The van der Waals surface area contributed by atoms with Crippen LogP contribution >= 0.6 is 0 Å². The minimum Gasteiger partial charge on any atom is -0.454 e. The number of likely N-dealkylation sites (N-methyl/N-ethyl adjacent to an activating group) is 1. The molecule has 2 aliphatic rings. The summed E-state index contributed by atoms with van der Waals surface area (Å²) in [4.78, 5) is 59.1. The number of likely N-dealkylation sites (tertiary alicyclic amines) is 1. The van der Waals surface area contributed by atoms with Gasteiger partial charge in [-0.1, -0.05) is 0 Å². The van der Waals surface area contributed by atoms with Gasteiger partial charge < -0.3 is 24.8 Å². The average Bonchev–Trinajstić information content (AvgIpc) is 3.67. The summed E-state index contributed by atoms with van der Waals surface area (Å²) < 4.78 is 34.2. The molecule has 5 rings (SSSR count). The highest BCUT2D eigenvalue weighted by molar-refractivity contribution is 6.26. The van der Waals surface area contributed by atoms with Gasteiger partial charge in [0.05, 0.1) is 0 Å². The van der Waals surface area contributed by atoms with E-state index >= 15 is 4.39 Å². The van der Waals surface area contributed by atoms with Gasteiger partial charge in [-0.2, -0.15) is 0 Å². The fourth-order valence-electron chi connectivity index (χ4n) is 4.70. The van der Waals surface area contributed by atoms with Gasteiger partial charge in [0.2, 0.25) is 6.41 Å². The molecule has 13 heteroatoms. The first kappa shape index (κ1) is 31.1. The van der Waals surface area contributed by atoms with Gasteiger partial charge in [-0.05, 0) is 74.1 Å². The molecule has 2 N–H and O–H groups in total. The van der Waals surface area contributed by atoms with Crippen LogP contribution in [0.3, 0.4) is 0 Å². The van der Waals surface area contributed by atoms with Crippen molar-refractivity contribution in [3.63, 3.8) is 0 Å². The number of benzene rings is 2. The summed E-state index contributed by atoms with van der Waals surface area (Å²) in [5.41, 5.74) is -0.0286. The molecule has 0 bridgehead atoms. The van der Waals surface area contributed by atoms with Crippen molar-refractivity contribution in [3.05, 3.63) is 84.2 Å². The van der Waals surface area contributed by atoms with E-state index < -0.39 is 23.4 Å². The van der Waals surface area contributed by atoms with E-state index in [4.69, 9.17) is 4.74 Å². The fraction of sp³-hybridized carbons (Fsp3) is 0.281. The van der Waals surface area contributed by atoms with Crippen molar-refractivity contribution in [3.8, 4) is 11.5 Å². The number of rotatable bonds is 11. The minimum absolute atomic E-state index is 0.0288. The zero-order valence-corrected chi connectivity index (χ0v) is 24.5. The number of halogens is 2. The number of amides is 5. The number of nitrogens with one attached hydrogen (secondary N) is 2. The van der Waals surface area contributed by atoms with Gasteiger partial charge in [0.15, 0.2) is 11.6 Å². The number of ether oxygens (including phenoxy) is 1. The second-order valence-corrected chi connectivity index (χ2v) is 10.8. The van der Waals surface area contributed by atoms with Crippen LogP contribution in [0.1, 0.15) is 25.7 Å². The third-order valence-electron chi connectivity index (χ3n) is 7.37. The number of urea groups is 1. The molecule has 0 spiro atoms. The Morgan fingerprint density at radius 1 is 1.02 bits per heavy atom. The SMILES string of the molecule is CN(C(=O)/C(=C\N(C=O)CC1CC1)C(=O)Nc1ccc(Oc2ccnc(NC(=O)N3CCCC3)c2)c(F)c1)c1ccc(F)cc1. The van der Waals surface area contributed by atoms with Gasteiger partial charge in [-0.3, -0.25) is 19.7 Å². The first-order chi connectivity index (χ1) is 21.7. The van der Waals surface area contributed by atoms with Crippen molar-refractivity contribution < 1.29 is 32.7 Å². The predicted octanol–water partition coefficient (Wildman–Crippen LogP) is 5.13. The molecule has 1 saturated carbocycles. The Kier molecular flexibility index (Phi) is 9.66. The molecule has 1 aliphatic heterocycles. The average molecular weight is 619 g/mol. The number of aromatic nitrogens is 1. The van der Waals surface area contributed by atoms with E-state index in [0.29, 0.717) is 31.7 Å². The normalized spacial score (nSPS) is 14.5. The highest BCUT2D eigenvalue weighted by Gasteiger charge is 2.28. The Morgan fingerprint density at radius 2 is 1.76 bits per heavy atom. The lowest BCUT2D eigenvalue weighted by molar-refractivity contribution is -0.119. The van der Waals surface area contributed by atoms with E-state index in [1.54, 1.807) is 4.90 Å². The Hall–Kier alpha value is -5.33. The van der Waals surface area contributed by atoms with Crippen LogP contribution in [-0.4, -0.2) is 65.7 Å². The number of nitrogens with zero attached hydrogens (tertiary/aromatic N) is 4. The maximum absolute atomic E-state index is 15.1. The molecule has 2 heterocycles. The Bertz CT molecular complexity index is 1610. The van der Waals surface area contributed by atoms with Crippen molar-refractivity contribution in [1.82, 2.24) is 14.8 Å². The standard InChI is InChI=1S/C32H32F2N6O5/c1-38(24-9-6-22(33)7-10-24)31(43)26(19-39(20-41)18-21-4-5-21)30(42)36-23-8-11-28(27(34)16-23)45-25-12-13-35-29(17-25)37-32(44)40-14-2-3-15-40/h6-13,16-17,19-21H,2-5,14-15,18H2,1H3,(H,36,42)(H,35,37,44)/b26-19-. The summed E-state index contributed by atoms with van der Waals surface area (Å²) in [5.74, 6) is -2.35. The van der Waals surface area contributed by atoms with Crippen molar-refractivity contribution >= 4 is 41.4 Å². The molecular weight excluding hydrogens is 586 g/mol. The first-order valence-electron chi connectivity index (χ1n) is 14.5. The number of hydrogen-bond acceptors (Lipinski definition) is 6. The molecule has 0 unspecified atom stereocenters. The summed E-state index contributed by atoms with van der Waals surface area (Å²) in [6.07, 6.45) is 6.87. The highest BCUT2D eigenvalue weighted by Crippen LogP contribution is 2.30.